The van der Waals surface area contributed by atoms with Gasteiger partial charge in [-0.2, -0.15) is 9.97 Å². The molecule has 1 unspecified atom stereocenters. The number of anilines is 1. The third-order valence-electron chi connectivity index (χ3n) is 5.06. The van der Waals surface area contributed by atoms with Gasteiger partial charge in [0.1, 0.15) is 11.6 Å². The number of likely N-dealkylation sites (tertiary alicyclic amines) is 1. The summed E-state index contributed by atoms with van der Waals surface area (Å²) in [4.78, 5) is 37.7. The van der Waals surface area contributed by atoms with E-state index in [0.29, 0.717) is 30.9 Å². The van der Waals surface area contributed by atoms with Gasteiger partial charge < -0.3 is 20.2 Å². The molecule has 3 N–H and O–H groups in total. The van der Waals surface area contributed by atoms with Crippen LogP contribution in [0.2, 0.25) is 0 Å². The first-order chi connectivity index (χ1) is 13.5. The Hall–Kier alpha value is -2.62. The number of nitrogen functional groups attached to an aromatic ring is 1. The molecule has 0 amide bonds. The van der Waals surface area contributed by atoms with Crippen LogP contribution in [0.5, 0.6) is 6.01 Å². The van der Waals surface area contributed by atoms with Crippen LogP contribution in [0.15, 0.2) is 4.79 Å². The van der Waals surface area contributed by atoms with Crippen molar-refractivity contribution in [3.8, 4) is 6.01 Å². The molecule has 0 bridgehead atoms. The second-order valence-electron chi connectivity index (χ2n) is 6.94. The van der Waals surface area contributed by atoms with Crippen molar-refractivity contribution >= 4 is 23.0 Å². The molecule has 10 heteroatoms. The Morgan fingerprint density at radius 1 is 1.32 bits per heavy atom. The smallest absolute Gasteiger partial charge is 0.327 e. The number of imidazole rings is 1. The van der Waals surface area contributed by atoms with Crippen LogP contribution in [0.1, 0.15) is 39.0 Å². The van der Waals surface area contributed by atoms with Crippen LogP contribution in [0.25, 0.3) is 11.2 Å². The largest absolute Gasteiger partial charge is 0.468 e. The standard InChI is InChI=1S/C18H28N6O4/c1-3-4-11-28-17-21-14(19)13-15(22-17)24(18(26)20-13)10-9-23-8-6-5-7-12(23)16(25)27-2/h12H,3-11H2,1-2H3,(H,20,26)(H2,19,21,22). The molecule has 154 valence electrons. The van der Waals surface area contributed by atoms with Crippen LogP contribution in [0, 0.1) is 0 Å². The number of piperidine rings is 1. The normalized spacial score (nSPS) is 17.7. The van der Waals surface area contributed by atoms with Crippen molar-refractivity contribution in [2.75, 3.05) is 32.5 Å². The fraction of sp³-hybridized carbons (Fsp3) is 0.667. The lowest BCUT2D eigenvalue weighted by atomic mass is 10.0. The fourth-order valence-corrected chi connectivity index (χ4v) is 3.50. The molecule has 28 heavy (non-hydrogen) atoms. The number of unbranched alkanes of at least 4 members (excludes halogenated alkanes) is 1. The summed E-state index contributed by atoms with van der Waals surface area (Å²) in [7, 11) is 1.40. The van der Waals surface area contributed by atoms with Gasteiger partial charge in [-0.15, -0.1) is 0 Å². The van der Waals surface area contributed by atoms with E-state index in [1.165, 1.54) is 11.7 Å². The average molecular weight is 392 g/mol. The molecule has 0 aromatic carbocycles. The molecule has 1 saturated heterocycles. The molecule has 1 aliphatic rings. The summed E-state index contributed by atoms with van der Waals surface area (Å²) in [6.45, 7) is 4.25. The zero-order chi connectivity index (χ0) is 20.1. The molecule has 2 aromatic rings. The lowest BCUT2D eigenvalue weighted by Crippen LogP contribution is -2.46. The average Bonchev–Trinajstić information content (AvgIpc) is 3.02. The van der Waals surface area contributed by atoms with Crippen molar-refractivity contribution in [1.82, 2.24) is 24.4 Å². The topological polar surface area (TPSA) is 128 Å². The molecule has 0 spiro atoms. The lowest BCUT2D eigenvalue weighted by molar-refractivity contribution is -0.148. The van der Waals surface area contributed by atoms with Gasteiger partial charge >= 0.3 is 17.7 Å². The second-order valence-corrected chi connectivity index (χ2v) is 6.94. The number of esters is 1. The number of aromatic nitrogens is 4. The van der Waals surface area contributed by atoms with Crippen molar-refractivity contribution in [1.29, 1.82) is 0 Å². The molecule has 10 nitrogen and oxygen atoms in total. The van der Waals surface area contributed by atoms with Gasteiger partial charge in [-0.05, 0) is 25.8 Å². The number of nitrogens with two attached hydrogens (primary N) is 1. The Morgan fingerprint density at radius 3 is 2.89 bits per heavy atom. The van der Waals surface area contributed by atoms with Gasteiger partial charge in [-0.25, -0.2) is 4.79 Å². The number of rotatable bonds is 8. The predicted octanol–water partition coefficient (Wildman–Crippen LogP) is 0.908. The number of carbonyl (C=O) groups is 1. The zero-order valence-corrected chi connectivity index (χ0v) is 16.4. The zero-order valence-electron chi connectivity index (χ0n) is 16.4. The highest BCUT2D eigenvalue weighted by atomic mass is 16.5. The number of H-pyrrole nitrogens is 1. The Bertz CT molecular complexity index is 877. The minimum absolute atomic E-state index is 0.164. The third kappa shape index (κ3) is 4.27. The number of ether oxygens (including phenoxy) is 2. The highest BCUT2D eigenvalue weighted by molar-refractivity contribution is 5.81. The van der Waals surface area contributed by atoms with Crippen LogP contribution in [0.3, 0.4) is 0 Å². The first-order valence-corrected chi connectivity index (χ1v) is 9.75. The van der Waals surface area contributed by atoms with Crippen LogP contribution >= 0.6 is 0 Å². The highest BCUT2D eigenvalue weighted by Gasteiger charge is 2.29. The predicted molar refractivity (Wildman–Crippen MR) is 104 cm³/mol. The number of methoxy groups -OCH3 is 1. The van der Waals surface area contributed by atoms with E-state index < -0.39 is 0 Å². The van der Waals surface area contributed by atoms with E-state index >= 15 is 0 Å². The van der Waals surface area contributed by atoms with E-state index in [1.807, 2.05) is 0 Å². The van der Waals surface area contributed by atoms with Gasteiger partial charge in [0.05, 0.1) is 13.7 Å². The Morgan fingerprint density at radius 2 is 2.14 bits per heavy atom. The summed E-state index contributed by atoms with van der Waals surface area (Å²) >= 11 is 0. The molecule has 0 radical (unpaired) electrons. The Balaban J connectivity index is 1.80. The van der Waals surface area contributed by atoms with Gasteiger partial charge in [-0.3, -0.25) is 14.3 Å². The quantitative estimate of drug-likeness (QED) is 0.501. The van der Waals surface area contributed by atoms with Gasteiger partial charge in [0, 0.05) is 13.1 Å². The number of nitrogens with zero attached hydrogens (tertiary/aromatic N) is 4. The third-order valence-corrected chi connectivity index (χ3v) is 5.06. The first-order valence-electron chi connectivity index (χ1n) is 9.75. The van der Waals surface area contributed by atoms with Gasteiger partial charge in [0.2, 0.25) is 0 Å². The summed E-state index contributed by atoms with van der Waals surface area (Å²) in [5.74, 6) is -0.0538. The van der Waals surface area contributed by atoms with Crippen molar-refractivity contribution in [2.24, 2.45) is 0 Å². The SMILES string of the molecule is CCCCOc1nc(N)c2[nH]c(=O)n(CCN3CCCCC3C(=O)OC)c2n1. The maximum atomic E-state index is 12.4. The van der Waals surface area contributed by atoms with E-state index in [0.717, 1.165) is 38.6 Å². The number of nitrogens with one attached hydrogen (secondary N) is 1. The molecular formula is C18H28N6O4. The molecule has 1 fully saturated rings. The fourth-order valence-electron chi connectivity index (χ4n) is 3.50. The lowest BCUT2D eigenvalue weighted by Gasteiger charge is -2.33. The second kappa shape index (κ2) is 9.05. The monoisotopic (exact) mass is 392 g/mol. The number of hydrogen-bond acceptors (Lipinski definition) is 8. The summed E-state index contributed by atoms with van der Waals surface area (Å²) in [6.07, 6.45) is 4.64. The number of carbonyl (C=O) groups excluding carboxylic acids is 1. The minimum Gasteiger partial charge on any atom is -0.468 e. The molecule has 2 aromatic heterocycles. The highest BCUT2D eigenvalue weighted by Crippen LogP contribution is 2.20. The van der Waals surface area contributed by atoms with Crippen LogP contribution in [-0.4, -0.2) is 63.2 Å². The number of aromatic amines is 1. The summed E-state index contributed by atoms with van der Waals surface area (Å²) in [6, 6.07) is -0.107. The van der Waals surface area contributed by atoms with Crippen LogP contribution in [0.4, 0.5) is 5.82 Å². The maximum Gasteiger partial charge on any atom is 0.327 e. The molecule has 3 rings (SSSR count). The summed E-state index contributed by atoms with van der Waals surface area (Å²) in [5.41, 5.74) is 6.48. The summed E-state index contributed by atoms with van der Waals surface area (Å²) in [5, 5.41) is 0. The molecular weight excluding hydrogens is 364 g/mol. The van der Waals surface area contributed by atoms with Crippen molar-refractivity contribution in [3.05, 3.63) is 10.5 Å². The number of fused-ring (bicyclic) bond motifs is 1. The molecule has 0 saturated carbocycles. The molecule has 1 aliphatic heterocycles. The Labute approximate surface area is 163 Å². The van der Waals surface area contributed by atoms with Gasteiger partial charge in [-0.1, -0.05) is 19.8 Å². The molecule has 3 heterocycles. The molecule has 1 atom stereocenters. The van der Waals surface area contributed by atoms with Gasteiger partial charge in [0.15, 0.2) is 11.5 Å². The van der Waals surface area contributed by atoms with Crippen LogP contribution < -0.4 is 16.2 Å². The van der Waals surface area contributed by atoms with E-state index in [4.69, 9.17) is 15.2 Å². The van der Waals surface area contributed by atoms with Crippen molar-refractivity contribution in [3.63, 3.8) is 0 Å². The van der Waals surface area contributed by atoms with Crippen molar-refractivity contribution in [2.45, 2.75) is 51.6 Å². The maximum absolute atomic E-state index is 12.4. The number of hydrogen-bond donors (Lipinski definition) is 2. The first kappa shape index (κ1) is 20.1. The van der Waals surface area contributed by atoms with Gasteiger partial charge in [0.25, 0.3) is 0 Å². The van der Waals surface area contributed by atoms with Crippen LogP contribution in [-0.2, 0) is 16.1 Å². The molecule has 0 aliphatic carbocycles. The van der Waals surface area contributed by atoms with E-state index in [-0.39, 0.29) is 29.5 Å². The van der Waals surface area contributed by atoms with E-state index in [1.54, 1.807) is 0 Å². The summed E-state index contributed by atoms with van der Waals surface area (Å²) < 4.78 is 12.0. The van der Waals surface area contributed by atoms with E-state index in [2.05, 4.69) is 26.8 Å². The van der Waals surface area contributed by atoms with Crippen molar-refractivity contribution < 1.29 is 14.3 Å². The minimum atomic E-state index is -0.312. The van der Waals surface area contributed by atoms with E-state index in [9.17, 15) is 9.59 Å². The Kier molecular flexibility index (Phi) is 6.50.